The van der Waals surface area contributed by atoms with E-state index in [1.165, 1.54) is 4.70 Å². The van der Waals surface area contributed by atoms with Gasteiger partial charge in [-0.3, -0.25) is 9.98 Å². The summed E-state index contributed by atoms with van der Waals surface area (Å²) in [4.78, 5) is 12.8. The molecule has 0 bridgehead atoms. The highest BCUT2D eigenvalue weighted by Gasteiger charge is 2.19. The summed E-state index contributed by atoms with van der Waals surface area (Å²) in [6.45, 7) is 8.13. The smallest absolute Gasteiger partial charge is 0.151 e. The molecule has 0 aliphatic heterocycles. The highest BCUT2D eigenvalue weighted by molar-refractivity contribution is 8.01. The Morgan fingerprint density at radius 3 is 2.96 bits per heavy atom. The van der Waals surface area contributed by atoms with Gasteiger partial charge >= 0.3 is 0 Å². The molecule has 4 nitrogen and oxygen atoms in total. The van der Waals surface area contributed by atoms with Crippen LogP contribution in [0.4, 0.5) is 0 Å². The summed E-state index contributed by atoms with van der Waals surface area (Å²) in [5.74, 6) is 0. The predicted molar refractivity (Wildman–Crippen MR) is 102 cm³/mol. The van der Waals surface area contributed by atoms with E-state index in [1.807, 2.05) is 25.1 Å². The summed E-state index contributed by atoms with van der Waals surface area (Å²) in [6, 6.07) is 8.20. The van der Waals surface area contributed by atoms with Gasteiger partial charge < -0.3 is 4.74 Å². The third-order valence-electron chi connectivity index (χ3n) is 3.26. The van der Waals surface area contributed by atoms with Crippen molar-refractivity contribution in [1.29, 1.82) is 0 Å². The standard InChI is InChI=1S/C17H21N3OS2/c1-12(9-18-3)10-19-11-15(21-4)13(2)22-17-20-14-7-5-6-8-16(14)23-17/h5-10,13,15H,3,11H2,1-2,4H3/b12-9-,19-10-. The SMILES string of the molecule is C=N/C=C(C)\C=N/CC(OC)C(C)Sc1nc2ccccc2s1. The molecule has 6 heteroatoms. The zero-order chi connectivity index (χ0) is 16.7. The summed E-state index contributed by atoms with van der Waals surface area (Å²) in [5.41, 5.74) is 2.03. The maximum absolute atomic E-state index is 5.59. The molecule has 0 saturated heterocycles. The average molecular weight is 348 g/mol. The summed E-state index contributed by atoms with van der Waals surface area (Å²) in [7, 11) is 1.73. The maximum Gasteiger partial charge on any atom is 0.151 e. The highest BCUT2D eigenvalue weighted by Crippen LogP contribution is 2.33. The van der Waals surface area contributed by atoms with Crippen molar-refractivity contribution in [3.05, 3.63) is 36.0 Å². The van der Waals surface area contributed by atoms with E-state index in [0.717, 1.165) is 15.4 Å². The first-order valence-corrected chi connectivity index (χ1v) is 9.01. The van der Waals surface area contributed by atoms with E-state index in [2.05, 4.69) is 34.7 Å². The number of fused-ring (bicyclic) bond motifs is 1. The second-order valence-corrected chi connectivity index (χ2v) is 7.75. The van der Waals surface area contributed by atoms with Gasteiger partial charge in [0.25, 0.3) is 0 Å². The molecule has 0 aliphatic rings. The number of methoxy groups -OCH3 is 1. The van der Waals surface area contributed by atoms with Crippen LogP contribution >= 0.6 is 23.1 Å². The van der Waals surface area contributed by atoms with Crippen molar-refractivity contribution in [2.45, 2.75) is 29.5 Å². The van der Waals surface area contributed by atoms with E-state index in [9.17, 15) is 0 Å². The van der Waals surface area contributed by atoms with Gasteiger partial charge in [-0.25, -0.2) is 4.98 Å². The Bertz CT molecular complexity index is 676. The van der Waals surface area contributed by atoms with Crippen molar-refractivity contribution in [2.75, 3.05) is 13.7 Å². The number of ether oxygens (including phenoxy) is 1. The molecule has 1 aromatic carbocycles. The minimum atomic E-state index is 0.0350. The van der Waals surface area contributed by atoms with Crippen LogP contribution in [0, 0.1) is 0 Å². The fourth-order valence-electron chi connectivity index (χ4n) is 2.03. The molecule has 23 heavy (non-hydrogen) atoms. The molecule has 0 amide bonds. The second-order valence-electron chi connectivity index (χ2n) is 5.09. The largest absolute Gasteiger partial charge is 0.378 e. The number of allylic oxidation sites excluding steroid dienone is 1. The van der Waals surface area contributed by atoms with Crippen LogP contribution in [0.2, 0.25) is 0 Å². The Labute approximate surface area is 145 Å². The summed E-state index contributed by atoms with van der Waals surface area (Å²) in [6.07, 6.45) is 3.52. The fourth-order valence-corrected chi connectivity index (χ4v) is 4.46. The van der Waals surface area contributed by atoms with Crippen LogP contribution in [0.15, 0.2) is 50.4 Å². The molecule has 0 aliphatic carbocycles. The number of hydrogen-bond acceptors (Lipinski definition) is 6. The Morgan fingerprint density at radius 1 is 1.48 bits per heavy atom. The van der Waals surface area contributed by atoms with E-state index < -0.39 is 0 Å². The van der Waals surface area contributed by atoms with E-state index in [1.54, 1.807) is 42.6 Å². The average Bonchev–Trinajstić information content (AvgIpc) is 2.93. The third-order valence-corrected chi connectivity index (χ3v) is 5.60. The van der Waals surface area contributed by atoms with E-state index in [4.69, 9.17) is 4.74 Å². The number of aliphatic imine (C=N–C) groups is 2. The van der Waals surface area contributed by atoms with Crippen molar-refractivity contribution in [3.63, 3.8) is 0 Å². The van der Waals surface area contributed by atoms with Crippen LogP contribution in [0.5, 0.6) is 0 Å². The lowest BCUT2D eigenvalue weighted by atomic mass is 10.2. The van der Waals surface area contributed by atoms with E-state index >= 15 is 0 Å². The molecule has 2 atom stereocenters. The molecular formula is C17H21N3OS2. The first-order valence-electron chi connectivity index (χ1n) is 7.31. The molecular weight excluding hydrogens is 326 g/mol. The van der Waals surface area contributed by atoms with Gasteiger partial charge in [0.2, 0.25) is 0 Å². The molecule has 1 heterocycles. The zero-order valence-electron chi connectivity index (χ0n) is 13.6. The van der Waals surface area contributed by atoms with Crippen molar-refractivity contribution in [3.8, 4) is 0 Å². The molecule has 2 unspecified atom stereocenters. The molecule has 0 radical (unpaired) electrons. The minimum Gasteiger partial charge on any atom is -0.378 e. The Hall–Kier alpha value is -1.50. The lowest BCUT2D eigenvalue weighted by Gasteiger charge is -2.19. The number of benzene rings is 1. The summed E-state index contributed by atoms with van der Waals surface area (Å²) in [5, 5.41) is 0.263. The number of aromatic nitrogens is 1. The van der Waals surface area contributed by atoms with Gasteiger partial charge in [0.1, 0.15) is 0 Å². The van der Waals surface area contributed by atoms with Crippen LogP contribution in [-0.2, 0) is 4.74 Å². The molecule has 0 N–H and O–H groups in total. The summed E-state index contributed by atoms with van der Waals surface area (Å²) >= 11 is 3.45. The summed E-state index contributed by atoms with van der Waals surface area (Å²) < 4.78 is 7.87. The normalized spacial score (nSPS) is 15.2. The second kappa shape index (κ2) is 8.96. The molecule has 2 aromatic rings. The van der Waals surface area contributed by atoms with Gasteiger partial charge in [-0.1, -0.05) is 30.8 Å². The first kappa shape index (κ1) is 17.8. The first-order chi connectivity index (χ1) is 11.1. The quantitative estimate of drug-likeness (QED) is 0.523. The third kappa shape index (κ3) is 5.27. The zero-order valence-corrected chi connectivity index (χ0v) is 15.2. The van der Waals surface area contributed by atoms with Crippen LogP contribution in [0.1, 0.15) is 13.8 Å². The Morgan fingerprint density at radius 2 is 2.26 bits per heavy atom. The van der Waals surface area contributed by atoms with Crippen LogP contribution in [0.25, 0.3) is 10.2 Å². The van der Waals surface area contributed by atoms with Gasteiger partial charge in [-0.2, -0.15) is 0 Å². The van der Waals surface area contributed by atoms with E-state index in [0.29, 0.717) is 6.54 Å². The number of para-hydroxylation sites is 1. The van der Waals surface area contributed by atoms with Gasteiger partial charge in [-0.15, -0.1) is 11.3 Å². The number of nitrogens with zero attached hydrogens (tertiary/aromatic N) is 3. The van der Waals surface area contributed by atoms with Gasteiger partial charge in [-0.05, 0) is 31.3 Å². The maximum atomic E-state index is 5.59. The topological polar surface area (TPSA) is 46.8 Å². The Kier molecular flexibility index (Phi) is 6.95. The molecule has 0 saturated carbocycles. The molecule has 122 valence electrons. The number of thiazole rings is 1. The van der Waals surface area contributed by atoms with Crippen LogP contribution in [-0.4, -0.2) is 42.9 Å². The van der Waals surface area contributed by atoms with Crippen molar-refractivity contribution >= 4 is 46.2 Å². The molecule has 1 aromatic heterocycles. The van der Waals surface area contributed by atoms with Crippen LogP contribution in [0.3, 0.4) is 0 Å². The van der Waals surface area contributed by atoms with Gasteiger partial charge in [0, 0.05) is 24.8 Å². The lowest BCUT2D eigenvalue weighted by Crippen LogP contribution is -2.26. The predicted octanol–water partition coefficient (Wildman–Crippen LogP) is 4.47. The van der Waals surface area contributed by atoms with Gasteiger partial charge in [0.15, 0.2) is 4.34 Å². The van der Waals surface area contributed by atoms with Gasteiger partial charge in [0.05, 0.1) is 22.9 Å². The lowest BCUT2D eigenvalue weighted by molar-refractivity contribution is 0.111. The molecule has 0 spiro atoms. The Balaban J connectivity index is 1.97. The van der Waals surface area contributed by atoms with Crippen molar-refractivity contribution < 1.29 is 4.74 Å². The minimum absolute atomic E-state index is 0.0350. The monoisotopic (exact) mass is 347 g/mol. The van der Waals surface area contributed by atoms with Crippen molar-refractivity contribution in [2.24, 2.45) is 9.98 Å². The van der Waals surface area contributed by atoms with E-state index in [-0.39, 0.29) is 11.4 Å². The fraction of sp³-hybridized carbons (Fsp3) is 0.353. The molecule has 2 rings (SSSR count). The number of rotatable bonds is 8. The highest BCUT2D eigenvalue weighted by atomic mass is 32.2. The number of thioether (sulfide) groups is 1. The van der Waals surface area contributed by atoms with Crippen molar-refractivity contribution in [1.82, 2.24) is 4.98 Å². The number of hydrogen-bond donors (Lipinski definition) is 0. The molecule has 0 fully saturated rings. The van der Waals surface area contributed by atoms with Crippen LogP contribution < -0.4 is 0 Å².